The standard InChI is InChI=1S/C28H30N6O4S/c1-38-31-24(21-16-39-28(29)30-21)27(37)33-14-12-32(13-15-33)22-11-10-20-23-18(22)8-5-9-19(23)25(35)34(26(20)36)17-6-3-2-4-7-17/h5,8-11,16-17H,2-4,6-7,12-15H2,1H3,(H2,29,30)/b31-24-. The fourth-order valence-electron chi connectivity index (χ4n) is 6.03. The number of imide groups is 1. The third-order valence-electron chi connectivity index (χ3n) is 7.91. The van der Waals surface area contributed by atoms with Crippen molar-refractivity contribution in [3.8, 4) is 0 Å². The summed E-state index contributed by atoms with van der Waals surface area (Å²) >= 11 is 1.24. The highest BCUT2D eigenvalue weighted by Gasteiger charge is 2.38. The molecular formula is C28H30N6O4S. The van der Waals surface area contributed by atoms with Gasteiger partial charge < -0.3 is 20.4 Å². The number of piperazine rings is 1. The van der Waals surface area contributed by atoms with E-state index >= 15 is 0 Å². The van der Waals surface area contributed by atoms with E-state index in [1.54, 1.807) is 10.3 Å². The molecule has 0 bridgehead atoms. The van der Waals surface area contributed by atoms with E-state index in [1.165, 1.54) is 23.3 Å². The van der Waals surface area contributed by atoms with Crippen LogP contribution < -0.4 is 10.6 Å². The first kappa shape index (κ1) is 25.3. The number of nitrogens with zero attached hydrogens (tertiary/aromatic N) is 5. The average molecular weight is 547 g/mol. The van der Waals surface area contributed by atoms with Crippen LogP contribution in [-0.4, -0.2) is 77.5 Å². The van der Waals surface area contributed by atoms with Gasteiger partial charge in [-0.2, -0.15) is 0 Å². The number of hydrogen-bond donors (Lipinski definition) is 1. The normalized spacial score (nSPS) is 18.7. The number of benzene rings is 2. The molecular weight excluding hydrogens is 516 g/mol. The van der Waals surface area contributed by atoms with Crippen LogP contribution in [0.15, 0.2) is 40.9 Å². The van der Waals surface area contributed by atoms with Crippen molar-refractivity contribution >= 4 is 56.4 Å². The number of carbonyl (C=O) groups is 3. The topological polar surface area (TPSA) is 121 Å². The molecule has 2 N–H and O–H groups in total. The Morgan fingerprint density at radius 1 is 1.03 bits per heavy atom. The smallest absolute Gasteiger partial charge is 0.278 e. The molecule has 2 aliphatic heterocycles. The van der Waals surface area contributed by atoms with Crippen molar-refractivity contribution in [3.05, 3.63) is 52.5 Å². The van der Waals surface area contributed by atoms with E-state index in [-0.39, 0.29) is 29.5 Å². The number of carbonyl (C=O) groups excluding carboxylic acids is 3. The molecule has 1 aliphatic carbocycles. The van der Waals surface area contributed by atoms with Crippen molar-refractivity contribution in [2.24, 2.45) is 5.16 Å². The predicted molar refractivity (Wildman–Crippen MR) is 150 cm³/mol. The Hall–Kier alpha value is -3.99. The van der Waals surface area contributed by atoms with Gasteiger partial charge in [0.15, 0.2) is 10.8 Å². The quantitative estimate of drug-likeness (QED) is 0.295. The molecule has 3 aromatic rings. The third-order valence-corrected chi connectivity index (χ3v) is 8.59. The Morgan fingerprint density at radius 2 is 1.74 bits per heavy atom. The molecule has 10 nitrogen and oxygen atoms in total. The first-order valence-corrected chi connectivity index (χ1v) is 14.2. The van der Waals surface area contributed by atoms with Gasteiger partial charge in [0.05, 0.1) is 0 Å². The van der Waals surface area contributed by atoms with Crippen LogP contribution in [0.2, 0.25) is 0 Å². The lowest BCUT2D eigenvalue weighted by Crippen LogP contribution is -2.51. The van der Waals surface area contributed by atoms with Gasteiger partial charge in [-0.3, -0.25) is 19.3 Å². The van der Waals surface area contributed by atoms with Gasteiger partial charge in [0, 0.05) is 65.2 Å². The molecule has 0 spiro atoms. The monoisotopic (exact) mass is 546 g/mol. The van der Waals surface area contributed by atoms with E-state index < -0.39 is 0 Å². The fraction of sp³-hybridized carbons (Fsp3) is 0.393. The van der Waals surface area contributed by atoms with Gasteiger partial charge >= 0.3 is 0 Å². The van der Waals surface area contributed by atoms with Crippen molar-refractivity contribution < 1.29 is 19.2 Å². The van der Waals surface area contributed by atoms with Crippen molar-refractivity contribution in [1.29, 1.82) is 0 Å². The zero-order chi connectivity index (χ0) is 27.1. The number of hydrogen-bond acceptors (Lipinski definition) is 9. The summed E-state index contributed by atoms with van der Waals surface area (Å²) in [5.41, 5.74) is 8.40. The molecule has 39 heavy (non-hydrogen) atoms. The lowest BCUT2D eigenvalue weighted by molar-refractivity contribution is -0.124. The second-order valence-corrected chi connectivity index (χ2v) is 11.0. The summed E-state index contributed by atoms with van der Waals surface area (Å²) in [6, 6.07) is 9.51. The lowest BCUT2D eigenvalue weighted by atomic mass is 9.88. The number of nitrogens with two attached hydrogens (primary N) is 1. The Morgan fingerprint density at radius 3 is 2.41 bits per heavy atom. The maximum Gasteiger partial charge on any atom is 0.278 e. The molecule has 202 valence electrons. The molecule has 3 amide bonds. The summed E-state index contributed by atoms with van der Waals surface area (Å²) in [6.45, 7) is 2.11. The van der Waals surface area contributed by atoms with Gasteiger partial charge in [-0.15, -0.1) is 11.3 Å². The van der Waals surface area contributed by atoms with E-state index in [9.17, 15) is 14.4 Å². The predicted octanol–water partition coefficient (Wildman–Crippen LogP) is 3.51. The van der Waals surface area contributed by atoms with Crippen molar-refractivity contribution in [2.75, 3.05) is 43.9 Å². The molecule has 2 aromatic carbocycles. The Kier molecular flexibility index (Phi) is 6.68. The van der Waals surface area contributed by atoms with Gasteiger partial charge in [-0.1, -0.05) is 36.6 Å². The first-order valence-electron chi connectivity index (χ1n) is 13.3. The maximum absolute atomic E-state index is 13.6. The zero-order valence-corrected chi connectivity index (χ0v) is 22.6. The first-order chi connectivity index (χ1) is 19.0. The number of anilines is 2. The fourth-order valence-corrected chi connectivity index (χ4v) is 6.58. The second kappa shape index (κ2) is 10.3. The van der Waals surface area contributed by atoms with E-state index in [0.29, 0.717) is 48.1 Å². The van der Waals surface area contributed by atoms with Crippen molar-refractivity contribution in [2.45, 2.75) is 38.1 Å². The second-order valence-electron chi connectivity index (χ2n) is 10.1. The van der Waals surface area contributed by atoms with Crippen LogP contribution in [0.4, 0.5) is 10.8 Å². The molecule has 1 aromatic heterocycles. The third kappa shape index (κ3) is 4.40. The zero-order valence-electron chi connectivity index (χ0n) is 21.8. The van der Waals surface area contributed by atoms with Crippen molar-refractivity contribution in [3.63, 3.8) is 0 Å². The highest BCUT2D eigenvalue weighted by Crippen LogP contribution is 2.38. The number of thiazole rings is 1. The van der Waals surface area contributed by atoms with Gasteiger partial charge in [0.1, 0.15) is 12.8 Å². The molecule has 0 unspecified atom stereocenters. The van der Waals surface area contributed by atoms with Crippen LogP contribution in [0, 0.1) is 0 Å². The summed E-state index contributed by atoms with van der Waals surface area (Å²) in [7, 11) is 1.39. The largest absolute Gasteiger partial charge is 0.398 e. The highest BCUT2D eigenvalue weighted by atomic mass is 32.1. The Bertz CT molecular complexity index is 1460. The summed E-state index contributed by atoms with van der Waals surface area (Å²) in [5, 5.41) is 7.58. The van der Waals surface area contributed by atoms with E-state index in [1.807, 2.05) is 30.3 Å². The average Bonchev–Trinajstić information content (AvgIpc) is 3.40. The Balaban J connectivity index is 1.25. The number of nitrogen functional groups attached to an aromatic ring is 1. The summed E-state index contributed by atoms with van der Waals surface area (Å²) in [6.07, 6.45) is 4.99. The van der Waals surface area contributed by atoms with E-state index in [2.05, 4.69) is 15.0 Å². The molecule has 2 fully saturated rings. The number of rotatable bonds is 5. The molecule has 11 heteroatoms. The molecule has 0 radical (unpaired) electrons. The minimum Gasteiger partial charge on any atom is -0.398 e. The maximum atomic E-state index is 13.6. The molecule has 1 saturated carbocycles. The van der Waals surface area contributed by atoms with Crippen molar-refractivity contribution in [1.82, 2.24) is 14.8 Å². The van der Waals surface area contributed by atoms with Gasteiger partial charge in [-0.25, -0.2) is 4.98 Å². The molecule has 3 aliphatic rings. The van der Waals surface area contributed by atoms with Crippen LogP contribution >= 0.6 is 11.3 Å². The SMILES string of the molecule is CO/N=C(\C(=O)N1CCN(c2ccc3c4c(cccc24)C(=O)N(C2CCCCC2)C3=O)CC1)c1csc(N)n1. The summed E-state index contributed by atoms with van der Waals surface area (Å²) in [4.78, 5) is 54.9. The van der Waals surface area contributed by atoms with Crippen LogP contribution in [-0.2, 0) is 9.63 Å². The van der Waals surface area contributed by atoms with Crippen LogP contribution in [0.3, 0.4) is 0 Å². The molecule has 0 atom stereocenters. The summed E-state index contributed by atoms with van der Waals surface area (Å²) < 4.78 is 0. The van der Waals surface area contributed by atoms with Crippen LogP contribution in [0.1, 0.15) is 58.5 Å². The molecule has 6 rings (SSSR count). The van der Waals surface area contributed by atoms with E-state index in [4.69, 9.17) is 10.6 Å². The van der Waals surface area contributed by atoms with Crippen LogP contribution in [0.5, 0.6) is 0 Å². The highest BCUT2D eigenvalue weighted by molar-refractivity contribution is 7.13. The van der Waals surface area contributed by atoms with Gasteiger partial charge in [-0.05, 0) is 31.0 Å². The minimum atomic E-state index is -0.266. The van der Waals surface area contributed by atoms with Gasteiger partial charge in [0.25, 0.3) is 17.7 Å². The van der Waals surface area contributed by atoms with E-state index in [0.717, 1.165) is 48.6 Å². The minimum absolute atomic E-state index is 0.0280. The lowest BCUT2D eigenvalue weighted by Gasteiger charge is -2.38. The number of aromatic nitrogens is 1. The number of oxime groups is 1. The molecule has 1 saturated heterocycles. The Labute approximate surface area is 230 Å². The number of amides is 3. The summed E-state index contributed by atoms with van der Waals surface area (Å²) in [5.74, 6) is -0.645. The van der Waals surface area contributed by atoms with Crippen LogP contribution in [0.25, 0.3) is 10.8 Å². The molecule has 3 heterocycles. The van der Waals surface area contributed by atoms with Gasteiger partial charge in [0.2, 0.25) is 0 Å².